The molecule has 1 aromatic carbocycles. The van der Waals surface area contributed by atoms with Gasteiger partial charge in [-0.15, -0.1) is 0 Å². The van der Waals surface area contributed by atoms with Crippen LogP contribution in [0.2, 0.25) is 0 Å². The summed E-state index contributed by atoms with van der Waals surface area (Å²) in [5.41, 5.74) is 3.05. The normalized spacial score (nSPS) is 31.3. The first-order valence-corrected chi connectivity index (χ1v) is 11.0. The van der Waals surface area contributed by atoms with Crippen molar-refractivity contribution in [3.8, 4) is 0 Å². The van der Waals surface area contributed by atoms with Crippen molar-refractivity contribution in [1.29, 1.82) is 0 Å². The van der Waals surface area contributed by atoms with Gasteiger partial charge in [-0.05, 0) is 67.7 Å². The van der Waals surface area contributed by atoms with Crippen LogP contribution >= 0.6 is 0 Å². The second kappa shape index (κ2) is 7.22. The molecule has 0 bridgehead atoms. The van der Waals surface area contributed by atoms with E-state index >= 15 is 0 Å². The van der Waals surface area contributed by atoms with E-state index in [2.05, 4.69) is 16.3 Å². The molecule has 7 heteroatoms. The molecule has 3 fully saturated rings. The van der Waals surface area contributed by atoms with Gasteiger partial charge >= 0.3 is 0 Å². The van der Waals surface area contributed by atoms with Gasteiger partial charge in [-0.1, -0.05) is 0 Å². The first-order chi connectivity index (χ1) is 14.5. The van der Waals surface area contributed by atoms with E-state index in [1.807, 2.05) is 12.1 Å². The Kier molecular flexibility index (Phi) is 4.64. The van der Waals surface area contributed by atoms with Crippen LogP contribution < -0.4 is 10.2 Å². The predicted octanol–water partition coefficient (Wildman–Crippen LogP) is 2.03. The van der Waals surface area contributed by atoms with Crippen molar-refractivity contribution >= 4 is 29.7 Å². The quantitative estimate of drug-likeness (QED) is 0.610. The van der Waals surface area contributed by atoms with Crippen molar-refractivity contribution in [2.24, 2.45) is 11.3 Å². The van der Waals surface area contributed by atoms with Crippen molar-refractivity contribution in [3.63, 3.8) is 0 Å². The molecule has 4 aliphatic rings. The van der Waals surface area contributed by atoms with E-state index in [1.54, 1.807) is 4.90 Å². The Morgan fingerprint density at radius 2 is 1.87 bits per heavy atom. The number of fused-ring (bicyclic) bond motifs is 1. The maximum Gasteiger partial charge on any atom is 0.255 e. The van der Waals surface area contributed by atoms with E-state index in [0.29, 0.717) is 23.9 Å². The van der Waals surface area contributed by atoms with Gasteiger partial charge in [-0.25, -0.2) is 0 Å². The van der Waals surface area contributed by atoms with Crippen LogP contribution in [0.1, 0.15) is 60.9 Å². The number of hydrogen-bond donors (Lipinski definition) is 1. The van der Waals surface area contributed by atoms with Crippen LogP contribution in [-0.4, -0.2) is 48.0 Å². The molecule has 7 nitrogen and oxygen atoms in total. The summed E-state index contributed by atoms with van der Waals surface area (Å²) in [5.74, 6) is -0.544. The molecule has 3 amide bonds. The fourth-order valence-electron chi connectivity index (χ4n) is 5.71. The van der Waals surface area contributed by atoms with Crippen LogP contribution in [0, 0.1) is 11.3 Å². The zero-order valence-electron chi connectivity index (χ0n) is 17.1. The molecular weight excluding hydrogens is 382 g/mol. The number of carbonyl (C=O) groups is 4. The fourth-order valence-corrected chi connectivity index (χ4v) is 5.71. The Hall–Kier alpha value is -2.70. The molecule has 1 N–H and O–H groups in total. The molecule has 1 saturated carbocycles. The van der Waals surface area contributed by atoms with Crippen LogP contribution in [0.5, 0.6) is 0 Å². The fraction of sp³-hybridized carbons (Fsp3) is 0.565. The predicted molar refractivity (Wildman–Crippen MR) is 110 cm³/mol. The lowest BCUT2D eigenvalue weighted by atomic mass is 9.70. The highest BCUT2D eigenvalue weighted by Crippen LogP contribution is 2.46. The van der Waals surface area contributed by atoms with Crippen LogP contribution in [-0.2, 0) is 20.9 Å². The van der Waals surface area contributed by atoms with Crippen molar-refractivity contribution in [3.05, 3.63) is 29.3 Å². The molecular formula is C23H27N3O4. The molecule has 2 saturated heterocycles. The monoisotopic (exact) mass is 409 g/mol. The van der Waals surface area contributed by atoms with Crippen molar-refractivity contribution in [2.45, 2.75) is 57.5 Å². The Bertz CT molecular complexity index is 919. The highest BCUT2D eigenvalue weighted by molar-refractivity contribution is 6.05. The van der Waals surface area contributed by atoms with Crippen LogP contribution in [0.4, 0.5) is 5.69 Å². The number of rotatable bonds is 3. The summed E-state index contributed by atoms with van der Waals surface area (Å²) in [6.07, 6.45) is 7.13. The number of amides is 3. The van der Waals surface area contributed by atoms with Gasteiger partial charge in [0.05, 0.1) is 0 Å². The maximum atomic E-state index is 12.9. The number of piperidine rings is 1. The van der Waals surface area contributed by atoms with Crippen molar-refractivity contribution in [1.82, 2.24) is 10.2 Å². The number of carbonyl (C=O) groups excluding carboxylic acids is 4. The van der Waals surface area contributed by atoms with Crippen molar-refractivity contribution < 1.29 is 19.2 Å². The second-order valence-corrected chi connectivity index (χ2v) is 9.39. The second-order valence-electron chi connectivity index (χ2n) is 9.39. The zero-order valence-corrected chi connectivity index (χ0v) is 17.1. The SMILES string of the molecule is O=CC1CCC2(CC1)CCN(c1ccc3c(c1)CN(C1CCC(=O)NC1=O)C3=O)C2. The molecule has 1 aliphatic carbocycles. The summed E-state index contributed by atoms with van der Waals surface area (Å²) in [4.78, 5) is 51.6. The van der Waals surface area contributed by atoms with Gasteiger partial charge in [-0.2, -0.15) is 0 Å². The molecule has 1 spiro atoms. The third kappa shape index (κ3) is 3.20. The third-order valence-electron chi connectivity index (χ3n) is 7.59. The average molecular weight is 409 g/mol. The van der Waals surface area contributed by atoms with E-state index in [1.165, 1.54) is 0 Å². The Morgan fingerprint density at radius 3 is 2.60 bits per heavy atom. The Labute approximate surface area is 175 Å². The summed E-state index contributed by atoms with van der Waals surface area (Å²) >= 11 is 0. The largest absolute Gasteiger partial charge is 0.371 e. The molecule has 0 radical (unpaired) electrons. The molecule has 3 heterocycles. The Balaban J connectivity index is 1.30. The van der Waals surface area contributed by atoms with Gasteiger partial charge in [0.25, 0.3) is 5.91 Å². The third-order valence-corrected chi connectivity index (χ3v) is 7.59. The summed E-state index contributed by atoms with van der Waals surface area (Å²) in [6, 6.07) is 5.41. The zero-order chi connectivity index (χ0) is 20.9. The molecule has 3 aliphatic heterocycles. The highest BCUT2D eigenvalue weighted by atomic mass is 16.2. The van der Waals surface area contributed by atoms with Gasteiger partial charge in [0.2, 0.25) is 11.8 Å². The minimum Gasteiger partial charge on any atom is -0.371 e. The van der Waals surface area contributed by atoms with Crippen molar-refractivity contribution in [2.75, 3.05) is 18.0 Å². The molecule has 1 atom stereocenters. The first kappa shape index (κ1) is 19.3. The van der Waals surface area contributed by atoms with Gasteiger partial charge in [0.15, 0.2) is 0 Å². The minimum absolute atomic E-state index is 0.129. The summed E-state index contributed by atoms with van der Waals surface area (Å²) in [5, 5.41) is 2.35. The lowest BCUT2D eigenvalue weighted by molar-refractivity contribution is -0.136. The number of nitrogens with zero attached hydrogens (tertiary/aromatic N) is 2. The number of aldehydes is 1. The number of benzene rings is 1. The van der Waals surface area contributed by atoms with E-state index in [0.717, 1.165) is 62.7 Å². The summed E-state index contributed by atoms with van der Waals surface area (Å²) in [7, 11) is 0. The van der Waals surface area contributed by atoms with E-state index in [-0.39, 0.29) is 30.1 Å². The molecule has 1 unspecified atom stereocenters. The molecule has 30 heavy (non-hydrogen) atoms. The van der Waals surface area contributed by atoms with Gasteiger partial charge in [0, 0.05) is 43.2 Å². The van der Waals surface area contributed by atoms with Gasteiger partial charge < -0.3 is 14.6 Å². The molecule has 1 aromatic rings. The van der Waals surface area contributed by atoms with E-state index < -0.39 is 6.04 Å². The topological polar surface area (TPSA) is 86.8 Å². The summed E-state index contributed by atoms with van der Waals surface area (Å²) < 4.78 is 0. The lowest BCUT2D eigenvalue weighted by Gasteiger charge is -2.35. The van der Waals surface area contributed by atoms with Gasteiger partial charge in [-0.3, -0.25) is 19.7 Å². The van der Waals surface area contributed by atoms with Crippen LogP contribution in [0.3, 0.4) is 0 Å². The van der Waals surface area contributed by atoms with Crippen LogP contribution in [0.25, 0.3) is 0 Å². The number of anilines is 1. The van der Waals surface area contributed by atoms with E-state index in [4.69, 9.17) is 0 Å². The van der Waals surface area contributed by atoms with Crippen LogP contribution in [0.15, 0.2) is 18.2 Å². The summed E-state index contributed by atoms with van der Waals surface area (Å²) in [6.45, 7) is 2.41. The molecule has 0 aromatic heterocycles. The number of hydrogen-bond acceptors (Lipinski definition) is 5. The smallest absolute Gasteiger partial charge is 0.255 e. The minimum atomic E-state index is -0.575. The lowest BCUT2D eigenvalue weighted by Crippen LogP contribution is -2.52. The number of imide groups is 1. The maximum absolute atomic E-state index is 12.9. The first-order valence-electron chi connectivity index (χ1n) is 11.0. The standard InChI is InChI=1S/C23H27N3O4/c27-13-15-5-7-23(8-6-15)9-10-25(14-23)17-1-2-18-16(11-17)12-26(22(18)30)19-3-4-20(28)24-21(19)29/h1-2,11,13,15,19H,3-10,12,14H2,(H,24,28,29). The number of nitrogens with one attached hydrogen (secondary N) is 1. The van der Waals surface area contributed by atoms with Gasteiger partial charge in [0.1, 0.15) is 12.3 Å². The molecule has 5 rings (SSSR count). The highest BCUT2D eigenvalue weighted by Gasteiger charge is 2.42. The Morgan fingerprint density at radius 1 is 1.07 bits per heavy atom. The molecule has 158 valence electrons. The average Bonchev–Trinajstić information content (AvgIpc) is 3.30. The van der Waals surface area contributed by atoms with E-state index in [9.17, 15) is 19.2 Å².